The molecule has 0 aliphatic carbocycles. The molecule has 0 bridgehead atoms. The summed E-state index contributed by atoms with van der Waals surface area (Å²) in [4.78, 5) is 17.6. The van der Waals surface area contributed by atoms with Crippen molar-refractivity contribution in [2.75, 3.05) is 26.1 Å². The average molecular weight is 561 g/mol. The monoisotopic (exact) mass is 560 g/mol. The first-order chi connectivity index (χ1) is 19.9. The molecule has 11 nitrogen and oxygen atoms in total. The number of hydrogen-bond acceptors (Lipinski definition) is 10. The Balaban J connectivity index is 1.62. The lowest BCUT2D eigenvalue weighted by atomic mass is 9.77. The molecule has 214 valence electrons. The molecule has 1 saturated heterocycles. The Morgan fingerprint density at radius 2 is 1.46 bits per heavy atom. The van der Waals surface area contributed by atoms with Crippen LogP contribution in [-0.2, 0) is 10.3 Å². The van der Waals surface area contributed by atoms with Gasteiger partial charge in [-0.2, -0.15) is 10.5 Å². The number of aliphatic hydroxyl groups is 2. The zero-order valence-electron chi connectivity index (χ0n) is 22.5. The van der Waals surface area contributed by atoms with Crippen LogP contribution >= 0.6 is 0 Å². The van der Waals surface area contributed by atoms with Gasteiger partial charge >= 0.3 is 5.69 Å². The second-order valence-corrected chi connectivity index (χ2v) is 9.59. The molecule has 1 aromatic heterocycles. The quantitative estimate of drug-likeness (QED) is 0.145. The number of methoxy groups -OCH3 is 2. The minimum atomic E-state index is -1.31. The van der Waals surface area contributed by atoms with E-state index in [-0.39, 0.29) is 5.82 Å². The second kappa shape index (κ2) is 12.1. The van der Waals surface area contributed by atoms with Crippen LogP contribution in [0.5, 0.6) is 11.5 Å². The van der Waals surface area contributed by atoms with Crippen molar-refractivity contribution >= 4 is 5.82 Å². The molecule has 0 saturated carbocycles. The Morgan fingerprint density at radius 3 is 1.93 bits per heavy atom. The summed E-state index contributed by atoms with van der Waals surface area (Å²) in [5.41, 5.74) is 2.86. The number of hydroxylamine groups is 1. The van der Waals surface area contributed by atoms with E-state index in [1.165, 1.54) is 6.20 Å². The van der Waals surface area contributed by atoms with E-state index in [1.54, 1.807) is 20.3 Å². The van der Waals surface area contributed by atoms with Crippen molar-refractivity contribution in [2.24, 2.45) is 0 Å². The predicted octanol–water partition coefficient (Wildman–Crippen LogP) is 2.26. The van der Waals surface area contributed by atoms with Crippen molar-refractivity contribution in [2.45, 2.75) is 30.0 Å². The highest BCUT2D eigenvalue weighted by atomic mass is 16.6. The zero-order valence-corrected chi connectivity index (χ0v) is 22.5. The average Bonchev–Trinajstić information content (AvgIpc) is 3.35. The van der Waals surface area contributed by atoms with Crippen molar-refractivity contribution in [1.82, 2.24) is 15.0 Å². The van der Waals surface area contributed by atoms with E-state index in [2.05, 4.69) is 10.3 Å². The van der Waals surface area contributed by atoms with Gasteiger partial charge in [-0.25, -0.2) is 4.79 Å². The highest BCUT2D eigenvalue weighted by molar-refractivity contribution is 5.59. The van der Waals surface area contributed by atoms with Gasteiger partial charge in [-0.3, -0.25) is 4.57 Å². The molecule has 0 amide bonds. The third-order valence-electron chi connectivity index (χ3n) is 7.38. The maximum absolute atomic E-state index is 13.3. The van der Waals surface area contributed by atoms with Crippen LogP contribution in [0.3, 0.4) is 0 Å². The van der Waals surface area contributed by atoms with Gasteiger partial charge in [-0.1, -0.05) is 54.6 Å². The SMILES string of the molecule is COc1ccc(C(Nc2ccn([C@@H]3O[C@H](CO)[C@@H](NO)[C@H]3O)c(=O)n2)(c2ccccc2)c2ccc(OC)cc2)cc1. The standard InChI is InChI=1S/C30H32N4O7/c1-39-22-12-8-20(9-13-22)30(19-6-4-3-5-7-19,21-10-14-23(40-2)15-11-21)32-25-16-17-34(29(37)31-25)28-27(36)26(33-38)24(18-35)41-28/h3-17,24,26-28,33,35-36,38H,18H2,1-2H3,(H,31,32,37)/t24-,26-,27-,28-/m1/s1. The van der Waals surface area contributed by atoms with E-state index in [0.29, 0.717) is 11.5 Å². The van der Waals surface area contributed by atoms with Crippen LogP contribution in [0.25, 0.3) is 0 Å². The van der Waals surface area contributed by atoms with Crippen LogP contribution in [0.1, 0.15) is 22.9 Å². The lowest BCUT2D eigenvalue weighted by Gasteiger charge is -2.37. The molecule has 4 atom stereocenters. The Bertz CT molecular complexity index is 1450. The predicted molar refractivity (Wildman–Crippen MR) is 150 cm³/mol. The van der Waals surface area contributed by atoms with Gasteiger partial charge in [0.15, 0.2) is 6.23 Å². The summed E-state index contributed by atoms with van der Waals surface area (Å²) in [6.07, 6.45) is -1.93. The van der Waals surface area contributed by atoms with Gasteiger partial charge in [0.1, 0.15) is 35.1 Å². The Kier molecular flexibility index (Phi) is 8.34. The minimum absolute atomic E-state index is 0.268. The Hall–Kier alpha value is -4.26. The summed E-state index contributed by atoms with van der Waals surface area (Å²) in [5.74, 6) is 1.65. The van der Waals surface area contributed by atoms with Gasteiger partial charge in [0.25, 0.3) is 0 Å². The number of aromatic nitrogens is 2. The number of anilines is 1. The van der Waals surface area contributed by atoms with Crippen molar-refractivity contribution in [3.63, 3.8) is 0 Å². The van der Waals surface area contributed by atoms with Gasteiger partial charge in [0.2, 0.25) is 0 Å². The van der Waals surface area contributed by atoms with Gasteiger partial charge in [-0.05, 0) is 47.0 Å². The molecule has 0 spiro atoms. The molecule has 2 heterocycles. The lowest BCUT2D eigenvalue weighted by molar-refractivity contribution is -0.0538. The van der Waals surface area contributed by atoms with Gasteiger partial charge in [0, 0.05) is 6.20 Å². The summed E-state index contributed by atoms with van der Waals surface area (Å²) < 4.78 is 17.6. The zero-order chi connectivity index (χ0) is 29.0. The van der Waals surface area contributed by atoms with Crippen LogP contribution in [0.15, 0.2) is 95.9 Å². The number of ether oxygens (including phenoxy) is 3. The van der Waals surface area contributed by atoms with Crippen LogP contribution < -0.4 is 26.0 Å². The minimum Gasteiger partial charge on any atom is -0.497 e. The van der Waals surface area contributed by atoms with Crippen LogP contribution in [0, 0.1) is 0 Å². The van der Waals surface area contributed by atoms with Crippen LogP contribution in [-0.4, -0.2) is 64.0 Å². The first-order valence-electron chi connectivity index (χ1n) is 13.0. The van der Waals surface area contributed by atoms with Crippen molar-refractivity contribution in [3.05, 3.63) is 118 Å². The van der Waals surface area contributed by atoms with E-state index >= 15 is 0 Å². The molecular weight excluding hydrogens is 528 g/mol. The van der Waals surface area contributed by atoms with Crippen LogP contribution in [0.2, 0.25) is 0 Å². The fourth-order valence-corrected chi connectivity index (χ4v) is 5.24. The summed E-state index contributed by atoms with van der Waals surface area (Å²) >= 11 is 0. The van der Waals surface area contributed by atoms with Crippen LogP contribution in [0.4, 0.5) is 5.82 Å². The summed E-state index contributed by atoms with van der Waals surface area (Å²) in [7, 11) is 3.21. The maximum atomic E-state index is 13.3. The number of benzene rings is 3. The third-order valence-corrected chi connectivity index (χ3v) is 7.38. The van der Waals surface area contributed by atoms with E-state index in [9.17, 15) is 20.2 Å². The fraction of sp³-hybridized carbons (Fsp3) is 0.267. The smallest absolute Gasteiger partial charge is 0.351 e. The first kappa shape index (κ1) is 28.3. The van der Waals surface area contributed by atoms with E-state index in [0.717, 1.165) is 21.3 Å². The van der Waals surface area contributed by atoms with Gasteiger partial charge in [-0.15, -0.1) is 0 Å². The van der Waals surface area contributed by atoms with Gasteiger partial charge < -0.3 is 34.9 Å². The topological polar surface area (TPSA) is 147 Å². The molecule has 1 aliphatic heterocycles. The Morgan fingerprint density at radius 1 is 0.902 bits per heavy atom. The maximum Gasteiger partial charge on any atom is 0.351 e. The number of nitrogens with one attached hydrogen (secondary N) is 2. The molecule has 41 heavy (non-hydrogen) atoms. The molecule has 0 radical (unpaired) electrons. The highest BCUT2D eigenvalue weighted by Crippen LogP contribution is 2.41. The fourth-order valence-electron chi connectivity index (χ4n) is 5.24. The first-order valence-corrected chi connectivity index (χ1v) is 13.0. The summed E-state index contributed by atoms with van der Waals surface area (Å²) in [5, 5.41) is 33.1. The molecule has 1 fully saturated rings. The third kappa shape index (κ3) is 5.29. The molecule has 1 aliphatic rings. The second-order valence-electron chi connectivity index (χ2n) is 9.59. The summed E-state index contributed by atoms with van der Waals surface area (Å²) in [6.45, 7) is -0.461. The highest BCUT2D eigenvalue weighted by Gasteiger charge is 2.45. The number of nitrogens with zero attached hydrogens (tertiary/aromatic N) is 2. The largest absolute Gasteiger partial charge is 0.497 e. The molecule has 5 N–H and O–H groups in total. The Labute approximate surface area is 236 Å². The normalized spacial score (nSPS) is 20.5. The number of hydrogen-bond donors (Lipinski definition) is 5. The number of aliphatic hydroxyl groups excluding tert-OH is 2. The van der Waals surface area contributed by atoms with E-state index in [4.69, 9.17) is 14.2 Å². The summed E-state index contributed by atoms with van der Waals surface area (Å²) in [6, 6.07) is 25.7. The van der Waals surface area contributed by atoms with Crippen molar-refractivity contribution in [1.29, 1.82) is 0 Å². The van der Waals surface area contributed by atoms with Gasteiger partial charge in [0.05, 0.1) is 26.9 Å². The molecule has 11 heteroatoms. The molecule has 3 aromatic carbocycles. The molecular formula is C30H32N4O7. The van der Waals surface area contributed by atoms with E-state index < -0.39 is 42.3 Å². The molecule has 4 aromatic rings. The molecule has 0 unspecified atom stereocenters. The molecule has 5 rings (SSSR count). The lowest BCUT2D eigenvalue weighted by Crippen LogP contribution is -2.44. The van der Waals surface area contributed by atoms with E-state index in [1.807, 2.05) is 84.3 Å². The number of rotatable bonds is 10. The van der Waals surface area contributed by atoms with Crippen molar-refractivity contribution in [3.8, 4) is 11.5 Å². The van der Waals surface area contributed by atoms with Crippen molar-refractivity contribution < 1.29 is 29.6 Å².